The van der Waals surface area contributed by atoms with Gasteiger partial charge in [-0.15, -0.1) is 0 Å². The van der Waals surface area contributed by atoms with E-state index in [1.807, 2.05) is 6.07 Å². The minimum absolute atomic E-state index is 0.0953. The van der Waals surface area contributed by atoms with Crippen LogP contribution < -0.4 is 10.6 Å². The van der Waals surface area contributed by atoms with E-state index >= 15 is 0 Å². The normalized spacial score (nSPS) is 12.2. The Bertz CT molecular complexity index is 635. The topological polar surface area (TPSA) is 75.3 Å². The van der Waals surface area contributed by atoms with Crippen LogP contribution in [0.15, 0.2) is 30.5 Å². The van der Waals surface area contributed by atoms with Gasteiger partial charge in [-0.25, -0.2) is 9.97 Å². The van der Waals surface area contributed by atoms with Gasteiger partial charge in [0.1, 0.15) is 11.6 Å². The molecule has 1 unspecified atom stereocenters. The van der Waals surface area contributed by atoms with Gasteiger partial charge in [-0.1, -0.05) is 18.5 Å². The highest BCUT2D eigenvalue weighted by Gasteiger charge is 2.13. The minimum Gasteiger partial charge on any atom is -0.507 e. The standard InChI is InChI=1S/C16H21ClN4O/c1-3-12(18)10-21(4-2)15-7-8-19-16(20-15)13-9-11(17)5-6-14(13)22/h5-9,12,22H,3-4,10,18H2,1-2H3. The van der Waals surface area contributed by atoms with Gasteiger partial charge in [0.05, 0.1) is 5.56 Å². The van der Waals surface area contributed by atoms with E-state index in [0.29, 0.717) is 16.4 Å². The van der Waals surface area contributed by atoms with Gasteiger partial charge in [0.2, 0.25) is 0 Å². The quantitative estimate of drug-likeness (QED) is 0.855. The Labute approximate surface area is 135 Å². The molecular formula is C16H21ClN4O. The molecule has 1 aromatic carbocycles. The summed E-state index contributed by atoms with van der Waals surface area (Å²) in [4.78, 5) is 10.9. The van der Waals surface area contributed by atoms with Crippen molar-refractivity contribution in [1.82, 2.24) is 9.97 Å². The number of halogens is 1. The Morgan fingerprint density at radius 1 is 1.32 bits per heavy atom. The van der Waals surface area contributed by atoms with Crippen molar-refractivity contribution in [2.24, 2.45) is 5.73 Å². The number of hydrogen-bond donors (Lipinski definition) is 2. The van der Waals surface area contributed by atoms with Crippen molar-refractivity contribution in [2.75, 3.05) is 18.0 Å². The van der Waals surface area contributed by atoms with Crippen LogP contribution in [0.1, 0.15) is 20.3 Å². The molecular weight excluding hydrogens is 300 g/mol. The van der Waals surface area contributed by atoms with Crippen molar-refractivity contribution in [3.63, 3.8) is 0 Å². The lowest BCUT2D eigenvalue weighted by molar-refractivity contribution is 0.477. The molecule has 0 spiro atoms. The first-order valence-corrected chi connectivity index (χ1v) is 7.75. The molecule has 0 saturated carbocycles. The zero-order valence-electron chi connectivity index (χ0n) is 12.8. The molecule has 0 saturated heterocycles. The number of anilines is 1. The fraction of sp³-hybridized carbons (Fsp3) is 0.375. The van der Waals surface area contributed by atoms with Crippen LogP contribution in [0.4, 0.5) is 5.82 Å². The van der Waals surface area contributed by atoms with E-state index in [4.69, 9.17) is 17.3 Å². The second-order valence-corrected chi connectivity index (χ2v) is 5.54. The van der Waals surface area contributed by atoms with Gasteiger partial charge >= 0.3 is 0 Å². The molecule has 22 heavy (non-hydrogen) atoms. The average Bonchev–Trinajstić information content (AvgIpc) is 2.54. The summed E-state index contributed by atoms with van der Waals surface area (Å²) in [6, 6.07) is 6.76. The monoisotopic (exact) mass is 320 g/mol. The molecule has 118 valence electrons. The summed E-state index contributed by atoms with van der Waals surface area (Å²) in [7, 11) is 0. The molecule has 0 radical (unpaired) electrons. The molecule has 0 fully saturated rings. The van der Waals surface area contributed by atoms with Crippen molar-refractivity contribution in [3.05, 3.63) is 35.5 Å². The van der Waals surface area contributed by atoms with Gasteiger partial charge in [-0.05, 0) is 37.6 Å². The van der Waals surface area contributed by atoms with Gasteiger partial charge in [0.25, 0.3) is 0 Å². The van der Waals surface area contributed by atoms with Crippen LogP contribution in [-0.2, 0) is 0 Å². The highest BCUT2D eigenvalue weighted by Crippen LogP contribution is 2.30. The van der Waals surface area contributed by atoms with E-state index in [1.54, 1.807) is 18.3 Å². The molecule has 0 aliphatic carbocycles. The van der Waals surface area contributed by atoms with Crippen LogP contribution in [0.25, 0.3) is 11.4 Å². The molecule has 0 bridgehead atoms. The first-order valence-electron chi connectivity index (χ1n) is 7.37. The number of phenols is 1. The number of aromatic nitrogens is 2. The molecule has 2 aromatic rings. The lowest BCUT2D eigenvalue weighted by atomic mass is 10.2. The summed E-state index contributed by atoms with van der Waals surface area (Å²) in [5, 5.41) is 10.5. The molecule has 2 rings (SSSR count). The highest BCUT2D eigenvalue weighted by molar-refractivity contribution is 6.30. The smallest absolute Gasteiger partial charge is 0.165 e. The summed E-state index contributed by atoms with van der Waals surface area (Å²) in [6.07, 6.45) is 2.58. The number of phenolic OH excluding ortho intramolecular Hbond substituents is 1. The number of likely N-dealkylation sites (N-methyl/N-ethyl adjacent to an activating group) is 1. The third-order valence-corrected chi connectivity index (χ3v) is 3.76. The van der Waals surface area contributed by atoms with Crippen molar-refractivity contribution in [3.8, 4) is 17.1 Å². The van der Waals surface area contributed by atoms with E-state index < -0.39 is 0 Å². The number of nitrogens with zero attached hydrogens (tertiary/aromatic N) is 3. The van der Waals surface area contributed by atoms with E-state index in [1.165, 1.54) is 6.07 Å². The lowest BCUT2D eigenvalue weighted by Gasteiger charge is -2.25. The highest BCUT2D eigenvalue weighted by atomic mass is 35.5. The predicted molar refractivity (Wildman–Crippen MR) is 90.3 cm³/mol. The van der Waals surface area contributed by atoms with Gasteiger partial charge in [0, 0.05) is 30.4 Å². The summed E-state index contributed by atoms with van der Waals surface area (Å²) in [6.45, 7) is 5.64. The summed E-state index contributed by atoms with van der Waals surface area (Å²) in [5.41, 5.74) is 6.56. The molecule has 1 heterocycles. The largest absolute Gasteiger partial charge is 0.507 e. The molecule has 1 atom stereocenters. The van der Waals surface area contributed by atoms with Crippen molar-refractivity contribution < 1.29 is 5.11 Å². The third-order valence-electron chi connectivity index (χ3n) is 3.53. The maximum absolute atomic E-state index is 9.99. The van der Waals surface area contributed by atoms with E-state index in [-0.39, 0.29) is 11.8 Å². The first-order chi connectivity index (χ1) is 10.5. The van der Waals surface area contributed by atoms with Crippen molar-refractivity contribution in [2.45, 2.75) is 26.3 Å². The Morgan fingerprint density at radius 2 is 2.09 bits per heavy atom. The molecule has 1 aromatic heterocycles. The Kier molecular flexibility index (Phi) is 5.57. The molecule has 0 aliphatic rings. The van der Waals surface area contributed by atoms with Crippen LogP contribution in [0.3, 0.4) is 0 Å². The second kappa shape index (κ2) is 7.42. The van der Waals surface area contributed by atoms with Gasteiger partial charge in [-0.3, -0.25) is 0 Å². The van der Waals surface area contributed by atoms with Crippen LogP contribution in [0.5, 0.6) is 5.75 Å². The van der Waals surface area contributed by atoms with Crippen LogP contribution in [0, 0.1) is 0 Å². The molecule has 6 heteroatoms. The maximum atomic E-state index is 9.99. The summed E-state index contributed by atoms with van der Waals surface area (Å²) < 4.78 is 0. The Balaban J connectivity index is 2.35. The zero-order valence-corrected chi connectivity index (χ0v) is 13.6. The Hall–Kier alpha value is -1.85. The van der Waals surface area contributed by atoms with E-state index in [9.17, 15) is 5.11 Å². The molecule has 0 amide bonds. The van der Waals surface area contributed by atoms with Crippen LogP contribution >= 0.6 is 11.6 Å². The van der Waals surface area contributed by atoms with Gasteiger partial charge in [0.15, 0.2) is 5.82 Å². The minimum atomic E-state index is 0.0953. The van der Waals surface area contributed by atoms with E-state index in [0.717, 1.165) is 25.3 Å². The van der Waals surface area contributed by atoms with Crippen molar-refractivity contribution >= 4 is 17.4 Å². The summed E-state index contributed by atoms with van der Waals surface area (Å²) >= 11 is 5.99. The number of benzene rings is 1. The fourth-order valence-corrected chi connectivity index (χ4v) is 2.31. The number of rotatable bonds is 6. The fourth-order valence-electron chi connectivity index (χ4n) is 2.14. The predicted octanol–water partition coefficient (Wildman–Crippen LogP) is 3.07. The van der Waals surface area contributed by atoms with E-state index in [2.05, 4.69) is 28.7 Å². The van der Waals surface area contributed by atoms with Gasteiger partial charge < -0.3 is 15.7 Å². The maximum Gasteiger partial charge on any atom is 0.165 e. The molecule has 5 nitrogen and oxygen atoms in total. The summed E-state index contributed by atoms with van der Waals surface area (Å²) in [5.74, 6) is 1.34. The second-order valence-electron chi connectivity index (χ2n) is 5.11. The zero-order chi connectivity index (χ0) is 16.1. The SMILES string of the molecule is CCC(N)CN(CC)c1ccnc(-c2cc(Cl)ccc2O)n1. The number of hydrogen-bond acceptors (Lipinski definition) is 5. The van der Waals surface area contributed by atoms with Crippen LogP contribution in [-0.4, -0.2) is 34.2 Å². The van der Waals surface area contributed by atoms with Crippen LogP contribution in [0.2, 0.25) is 5.02 Å². The Morgan fingerprint density at radius 3 is 2.77 bits per heavy atom. The molecule has 0 aliphatic heterocycles. The average molecular weight is 321 g/mol. The first kappa shape index (κ1) is 16.5. The molecule has 3 N–H and O–H groups in total. The lowest BCUT2D eigenvalue weighted by Crippen LogP contribution is -2.37. The van der Waals surface area contributed by atoms with Gasteiger partial charge in [-0.2, -0.15) is 0 Å². The third kappa shape index (κ3) is 3.87. The number of nitrogens with two attached hydrogens (primary N) is 1. The van der Waals surface area contributed by atoms with Crippen molar-refractivity contribution in [1.29, 1.82) is 0 Å². The number of aromatic hydroxyl groups is 1.